The van der Waals surface area contributed by atoms with Gasteiger partial charge in [-0.1, -0.05) is 13.8 Å². The van der Waals surface area contributed by atoms with Gasteiger partial charge in [0.05, 0.1) is 12.3 Å². The zero-order valence-electron chi connectivity index (χ0n) is 11.8. The molecular weight excluding hydrogens is 246 g/mol. The third kappa shape index (κ3) is 3.93. The van der Waals surface area contributed by atoms with E-state index in [1.165, 1.54) is 0 Å². The summed E-state index contributed by atoms with van der Waals surface area (Å²) >= 11 is 1.67. The molecule has 0 aliphatic carbocycles. The van der Waals surface area contributed by atoms with E-state index in [9.17, 15) is 0 Å². The summed E-state index contributed by atoms with van der Waals surface area (Å²) in [6, 6.07) is 0.521. The number of hydrogen-bond donors (Lipinski definition) is 1. The number of nitrogens with zero attached hydrogens (tertiary/aromatic N) is 2. The fraction of sp³-hybridized carbons (Fsp3) is 0.769. The summed E-state index contributed by atoms with van der Waals surface area (Å²) in [7, 11) is 1.74. The monoisotopic (exact) mass is 271 g/mol. The zero-order chi connectivity index (χ0) is 13.5. The smallest absolute Gasteiger partial charge is 0.185 e. The summed E-state index contributed by atoms with van der Waals surface area (Å²) < 4.78 is 5.20. The Balaban J connectivity index is 2.85. The topological polar surface area (TPSA) is 51.4 Å². The van der Waals surface area contributed by atoms with Crippen LogP contribution in [0.15, 0.2) is 5.38 Å². The lowest BCUT2D eigenvalue weighted by atomic mass is 10.1. The van der Waals surface area contributed by atoms with Crippen LogP contribution >= 0.6 is 11.3 Å². The van der Waals surface area contributed by atoms with Crippen molar-refractivity contribution in [1.29, 1.82) is 0 Å². The number of hydrogen-bond acceptors (Lipinski definition) is 5. The lowest BCUT2D eigenvalue weighted by Crippen LogP contribution is -2.37. The second kappa shape index (κ2) is 7.71. The molecule has 5 heteroatoms. The van der Waals surface area contributed by atoms with E-state index in [0.717, 1.165) is 36.8 Å². The van der Waals surface area contributed by atoms with Gasteiger partial charge in [0.15, 0.2) is 5.13 Å². The Bertz CT molecular complexity index is 337. The summed E-state index contributed by atoms with van der Waals surface area (Å²) in [6.07, 6.45) is 2.24. The highest BCUT2D eigenvalue weighted by Gasteiger charge is 2.19. The number of methoxy groups -OCH3 is 1. The largest absolute Gasteiger partial charge is 0.383 e. The molecular formula is C13H25N3OS. The van der Waals surface area contributed by atoms with Crippen molar-refractivity contribution in [2.24, 2.45) is 5.73 Å². The van der Waals surface area contributed by atoms with Crippen molar-refractivity contribution < 1.29 is 4.74 Å². The van der Waals surface area contributed by atoms with Gasteiger partial charge in [-0.2, -0.15) is 0 Å². The van der Waals surface area contributed by atoms with Crippen LogP contribution in [0.1, 0.15) is 45.3 Å². The van der Waals surface area contributed by atoms with Crippen LogP contribution in [0.25, 0.3) is 0 Å². The van der Waals surface area contributed by atoms with E-state index < -0.39 is 0 Å². The first-order valence-electron chi connectivity index (χ1n) is 6.60. The Labute approximate surface area is 114 Å². The number of rotatable bonds is 8. The van der Waals surface area contributed by atoms with E-state index in [1.807, 2.05) is 6.92 Å². The SMILES string of the molecule is CCC(CC)N(CCOC)c1nc(C(C)N)cs1. The van der Waals surface area contributed by atoms with Gasteiger partial charge < -0.3 is 15.4 Å². The predicted octanol–water partition coefficient (Wildman–Crippen LogP) is 2.80. The van der Waals surface area contributed by atoms with Crippen LogP contribution in [0.2, 0.25) is 0 Å². The quantitative estimate of drug-likeness (QED) is 0.790. The lowest BCUT2D eigenvalue weighted by molar-refractivity contribution is 0.202. The van der Waals surface area contributed by atoms with Crippen molar-refractivity contribution in [3.63, 3.8) is 0 Å². The molecule has 0 saturated heterocycles. The molecule has 0 aromatic carbocycles. The molecule has 0 bridgehead atoms. The molecule has 1 rings (SSSR count). The number of thiazole rings is 1. The first-order chi connectivity index (χ1) is 8.63. The molecule has 2 N–H and O–H groups in total. The van der Waals surface area contributed by atoms with Gasteiger partial charge in [-0.05, 0) is 19.8 Å². The van der Waals surface area contributed by atoms with E-state index in [4.69, 9.17) is 10.5 Å². The van der Waals surface area contributed by atoms with E-state index in [2.05, 4.69) is 29.1 Å². The Morgan fingerprint density at radius 1 is 1.44 bits per heavy atom. The molecule has 1 atom stereocenters. The summed E-state index contributed by atoms with van der Waals surface area (Å²) in [5, 5.41) is 3.12. The Kier molecular flexibility index (Phi) is 6.60. The van der Waals surface area contributed by atoms with Crippen molar-refractivity contribution >= 4 is 16.5 Å². The maximum absolute atomic E-state index is 5.87. The molecule has 0 fully saturated rings. The van der Waals surface area contributed by atoms with Crippen molar-refractivity contribution in [3.05, 3.63) is 11.1 Å². The van der Waals surface area contributed by atoms with Gasteiger partial charge in [-0.15, -0.1) is 11.3 Å². The van der Waals surface area contributed by atoms with Gasteiger partial charge in [0.25, 0.3) is 0 Å². The molecule has 0 aliphatic rings. The average molecular weight is 271 g/mol. The first-order valence-corrected chi connectivity index (χ1v) is 7.48. The highest BCUT2D eigenvalue weighted by molar-refractivity contribution is 7.13. The molecule has 0 saturated carbocycles. The Morgan fingerprint density at radius 2 is 2.11 bits per heavy atom. The van der Waals surface area contributed by atoms with Crippen LogP contribution in [-0.4, -0.2) is 31.3 Å². The third-order valence-electron chi connectivity index (χ3n) is 3.14. The van der Waals surface area contributed by atoms with Crippen LogP contribution in [0.4, 0.5) is 5.13 Å². The molecule has 1 aromatic rings. The van der Waals surface area contributed by atoms with Crippen LogP contribution in [0.5, 0.6) is 0 Å². The van der Waals surface area contributed by atoms with Crippen molar-refractivity contribution in [1.82, 2.24) is 4.98 Å². The van der Waals surface area contributed by atoms with Crippen LogP contribution in [0.3, 0.4) is 0 Å². The molecule has 104 valence electrons. The van der Waals surface area contributed by atoms with Gasteiger partial charge in [0, 0.05) is 31.1 Å². The lowest BCUT2D eigenvalue weighted by Gasteiger charge is -2.30. The van der Waals surface area contributed by atoms with Gasteiger partial charge in [0.2, 0.25) is 0 Å². The maximum atomic E-state index is 5.87. The van der Waals surface area contributed by atoms with Crippen molar-refractivity contribution in [2.45, 2.75) is 45.7 Å². The first kappa shape index (κ1) is 15.4. The molecule has 18 heavy (non-hydrogen) atoms. The maximum Gasteiger partial charge on any atom is 0.185 e. The summed E-state index contributed by atoms with van der Waals surface area (Å²) in [6.45, 7) is 8.01. The second-order valence-electron chi connectivity index (χ2n) is 4.50. The molecule has 1 unspecified atom stereocenters. The minimum absolute atomic E-state index is 0.000906. The normalized spacial score (nSPS) is 13.0. The zero-order valence-corrected chi connectivity index (χ0v) is 12.7. The number of ether oxygens (including phenoxy) is 1. The molecule has 0 radical (unpaired) electrons. The molecule has 0 spiro atoms. The minimum Gasteiger partial charge on any atom is -0.383 e. The van der Waals surface area contributed by atoms with E-state index in [1.54, 1.807) is 18.4 Å². The molecule has 0 aliphatic heterocycles. The highest BCUT2D eigenvalue weighted by atomic mass is 32.1. The van der Waals surface area contributed by atoms with Crippen LogP contribution in [0, 0.1) is 0 Å². The fourth-order valence-electron chi connectivity index (χ4n) is 1.97. The molecule has 1 heterocycles. The minimum atomic E-state index is 0.000906. The number of aromatic nitrogens is 1. The van der Waals surface area contributed by atoms with Gasteiger partial charge in [-0.3, -0.25) is 0 Å². The Morgan fingerprint density at radius 3 is 2.56 bits per heavy atom. The Hall–Kier alpha value is -0.650. The van der Waals surface area contributed by atoms with Gasteiger partial charge in [0.1, 0.15) is 0 Å². The van der Waals surface area contributed by atoms with E-state index in [0.29, 0.717) is 6.04 Å². The molecule has 4 nitrogen and oxygen atoms in total. The average Bonchev–Trinajstić information content (AvgIpc) is 2.84. The predicted molar refractivity (Wildman–Crippen MR) is 78.3 cm³/mol. The van der Waals surface area contributed by atoms with Crippen LogP contribution in [-0.2, 0) is 4.74 Å². The number of nitrogens with two attached hydrogens (primary N) is 1. The van der Waals surface area contributed by atoms with E-state index >= 15 is 0 Å². The third-order valence-corrected chi connectivity index (χ3v) is 4.04. The van der Waals surface area contributed by atoms with Crippen molar-refractivity contribution in [2.75, 3.05) is 25.2 Å². The highest BCUT2D eigenvalue weighted by Crippen LogP contribution is 2.26. The number of anilines is 1. The summed E-state index contributed by atoms with van der Waals surface area (Å²) in [5.41, 5.74) is 6.84. The summed E-state index contributed by atoms with van der Waals surface area (Å²) in [5.74, 6) is 0. The summed E-state index contributed by atoms with van der Waals surface area (Å²) in [4.78, 5) is 6.99. The van der Waals surface area contributed by atoms with Gasteiger partial charge >= 0.3 is 0 Å². The fourth-order valence-corrected chi connectivity index (χ4v) is 3.00. The van der Waals surface area contributed by atoms with Crippen LogP contribution < -0.4 is 10.6 Å². The van der Waals surface area contributed by atoms with Crippen molar-refractivity contribution in [3.8, 4) is 0 Å². The molecule has 1 aromatic heterocycles. The van der Waals surface area contributed by atoms with E-state index in [-0.39, 0.29) is 6.04 Å². The second-order valence-corrected chi connectivity index (χ2v) is 5.34. The standard InChI is InChI=1S/C13H25N3OS/c1-5-11(6-2)16(7-8-17-4)13-15-12(9-18-13)10(3)14/h9-11H,5-8,14H2,1-4H3. The molecule has 0 amide bonds. The van der Waals surface area contributed by atoms with Gasteiger partial charge in [-0.25, -0.2) is 4.98 Å².